The second-order valence-corrected chi connectivity index (χ2v) is 5.33. The Morgan fingerprint density at radius 1 is 1.07 bits per heavy atom. The Kier molecular flexibility index (Phi) is 8.80. The van der Waals surface area contributed by atoms with Gasteiger partial charge in [0.25, 0.3) is 0 Å². The maximum atomic E-state index is 3.51. The highest BCUT2D eigenvalue weighted by atomic mass is 32.2. The lowest BCUT2D eigenvalue weighted by Gasteiger charge is -2.32. The summed E-state index contributed by atoms with van der Waals surface area (Å²) in [5, 5.41) is 3.51. The molecular formula is C12H27NS. The molecule has 0 aliphatic rings. The predicted octanol–water partition coefficient (Wildman–Crippen LogP) is 3.55. The summed E-state index contributed by atoms with van der Waals surface area (Å²) in [6.07, 6.45) is 3.98. The van der Waals surface area contributed by atoms with Gasteiger partial charge in [-0.15, -0.1) is 0 Å². The molecule has 0 amide bonds. The van der Waals surface area contributed by atoms with Crippen molar-refractivity contribution in [3.63, 3.8) is 0 Å². The van der Waals surface area contributed by atoms with Crippen LogP contribution in [0.15, 0.2) is 0 Å². The van der Waals surface area contributed by atoms with E-state index < -0.39 is 0 Å². The van der Waals surface area contributed by atoms with Crippen molar-refractivity contribution in [3.8, 4) is 0 Å². The first-order valence-electron chi connectivity index (χ1n) is 6.03. The van der Waals surface area contributed by atoms with Crippen molar-refractivity contribution in [1.82, 2.24) is 5.32 Å². The van der Waals surface area contributed by atoms with Gasteiger partial charge in [-0.1, -0.05) is 27.7 Å². The molecule has 0 rings (SSSR count). The molecule has 0 atom stereocenters. The van der Waals surface area contributed by atoms with Crippen LogP contribution in [0.1, 0.15) is 47.0 Å². The molecular weight excluding hydrogens is 190 g/mol. The van der Waals surface area contributed by atoms with E-state index >= 15 is 0 Å². The van der Waals surface area contributed by atoms with Crippen molar-refractivity contribution in [3.05, 3.63) is 0 Å². The molecule has 0 fully saturated rings. The third kappa shape index (κ3) is 5.26. The second-order valence-electron chi connectivity index (χ2n) is 3.93. The van der Waals surface area contributed by atoms with Gasteiger partial charge >= 0.3 is 0 Å². The molecule has 0 spiro atoms. The van der Waals surface area contributed by atoms with E-state index in [1.807, 2.05) is 0 Å². The van der Waals surface area contributed by atoms with Gasteiger partial charge < -0.3 is 5.32 Å². The van der Waals surface area contributed by atoms with Gasteiger partial charge in [-0.25, -0.2) is 0 Å². The van der Waals surface area contributed by atoms with E-state index in [1.165, 1.54) is 37.3 Å². The normalized spacial score (nSPS) is 12.0. The first kappa shape index (κ1) is 14.3. The fourth-order valence-electron chi connectivity index (χ4n) is 1.77. The fraction of sp³-hybridized carbons (Fsp3) is 1.00. The van der Waals surface area contributed by atoms with Crippen molar-refractivity contribution >= 4 is 11.8 Å². The number of nitrogens with one attached hydrogen (secondary N) is 1. The Bertz CT molecular complexity index is 121. The number of thioether (sulfide) groups is 1. The van der Waals surface area contributed by atoms with E-state index in [9.17, 15) is 0 Å². The van der Waals surface area contributed by atoms with Crippen LogP contribution in [0.2, 0.25) is 0 Å². The lowest BCUT2D eigenvalue weighted by atomic mass is 9.80. The second kappa shape index (κ2) is 8.60. The van der Waals surface area contributed by atoms with Crippen LogP contribution in [0.3, 0.4) is 0 Å². The minimum atomic E-state index is 0.554. The molecule has 0 saturated heterocycles. The molecule has 0 unspecified atom stereocenters. The molecule has 0 radical (unpaired) electrons. The van der Waals surface area contributed by atoms with Crippen LogP contribution in [-0.4, -0.2) is 24.6 Å². The number of hydrogen-bond acceptors (Lipinski definition) is 2. The zero-order valence-electron chi connectivity index (χ0n) is 10.4. The Morgan fingerprint density at radius 3 is 2.14 bits per heavy atom. The third-order valence-corrected chi connectivity index (χ3v) is 4.13. The van der Waals surface area contributed by atoms with E-state index in [2.05, 4.69) is 44.8 Å². The van der Waals surface area contributed by atoms with Crippen LogP contribution < -0.4 is 5.32 Å². The summed E-state index contributed by atoms with van der Waals surface area (Å²) in [5.74, 6) is 2.58. The predicted molar refractivity (Wildman–Crippen MR) is 69.2 cm³/mol. The average Bonchev–Trinajstić information content (AvgIpc) is 2.24. The molecule has 0 aromatic carbocycles. The minimum Gasteiger partial charge on any atom is -0.316 e. The summed E-state index contributed by atoms with van der Waals surface area (Å²) < 4.78 is 0. The van der Waals surface area contributed by atoms with Crippen LogP contribution in [0.5, 0.6) is 0 Å². The number of rotatable bonds is 9. The Labute approximate surface area is 94.4 Å². The standard InChI is InChI=1S/C12H27NS/c1-5-12(6-2,11-13-7-3)9-10-14-8-4/h13H,5-11H2,1-4H3. The zero-order chi connectivity index (χ0) is 10.9. The van der Waals surface area contributed by atoms with Crippen LogP contribution in [0.4, 0.5) is 0 Å². The van der Waals surface area contributed by atoms with Crippen LogP contribution in [0, 0.1) is 5.41 Å². The Balaban J connectivity index is 3.94. The molecule has 86 valence electrons. The lowest BCUT2D eigenvalue weighted by molar-refractivity contribution is 0.242. The van der Waals surface area contributed by atoms with Gasteiger partial charge in [0.05, 0.1) is 0 Å². The first-order chi connectivity index (χ1) is 6.74. The largest absolute Gasteiger partial charge is 0.316 e. The van der Waals surface area contributed by atoms with Crippen molar-refractivity contribution in [2.24, 2.45) is 5.41 Å². The van der Waals surface area contributed by atoms with E-state index in [0.29, 0.717) is 5.41 Å². The molecule has 0 aliphatic heterocycles. The van der Waals surface area contributed by atoms with Crippen LogP contribution in [-0.2, 0) is 0 Å². The van der Waals surface area contributed by atoms with Gasteiger partial charge in [0.2, 0.25) is 0 Å². The molecule has 2 heteroatoms. The molecule has 1 nitrogen and oxygen atoms in total. The van der Waals surface area contributed by atoms with E-state index in [0.717, 1.165) is 6.54 Å². The van der Waals surface area contributed by atoms with E-state index in [-0.39, 0.29) is 0 Å². The molecule has 0 aliphatic carbocycles. The Hall–Kier alpha value is 0.310. The summed E-state index contributed by atoms with van der Waals surface area (Å²) in [6.45, 7) is 11.4. The molecule has 14 heavy (non-hydrogen) atoms. The SMILES string of the molecule is CCNCC(CC)(CC)CCSCC. The van der Waals surface area contributed by atoms with Gasteiger partial charge in [0, 0.05) is 6.54 Å². The highest BCUT2D eigenvalue weighted by Crippen LogP contribution is 2.31. The van der Waals surface area contributed by atoms with Crippen molar-refractivity contribution in [2.45, 2.75) is 47.0 Å². The van der Waals surface area contributed by atoms with Crippen LogP contribution >= 0.6 is 11.8 Å². The third-order valence-electron chi connectivity index (χ3n) is 3.23. The number of hydrogen-bond donors (Lipinski definition) is 1. The van der Waals surface area contributed by atoms with Gasteiger partial charge in [0.15, 0.2) is 0 Å². The van der Waals surface area contributed by atoms with Gasteiger partial charge in [-0.05, 0) is 42.7 Å². The molecule has 0 bridgehead atoms. The average molecular weight is 217 g/mol. The molecule has 1 N–H and O–H groups in total. The summed E-state index contributed by atoms with van der Waals surface area (Å²) in [5.41, 5.74) is 0.554. The minimum absolute atomic E-state index is 0.554. The summed E-state index contributed by atoms with van der Waals surface area (Å²) in [6, 6.07) is 0. The molecule has 0 saturated carbocycles. The quantitative estimate of drug-likeness (QED) is 0.593. The Morgan fingerprint density at radius 2 is 1.71 bits per heavy atom. The van der Waals surface area contributed by atoms with Crippen molar-refractivity contribution < 1.29 is 0 Å². The molecule has 0 aromatic rings. The molecule has 0 aromatic heterocycles. The smallest absolute Gasteiger partial charge is 0.000778 e. The van der Waals surface area contributed by atoms with E-state index in [1.54, 1.807) is 0 Å². The topological polar surface area (TPSA) is 12.0 Å². The van der Waals surface area contributed by atoms with E-state index in [4.69, 9.17) is 0 Å². The first-order valence-corrected chi connectivity index (χ1v) is 7.18. The van der Waals surface area contributed by atoms with Crippen molar-refractivity contribution in [2.75, 3.05) is 24.6 Å². The monoisotopic (exact) mass is 217 g/mol. The summed E-state index contributed by atoms with van der Waals surface area (Å²) in [4.78, 5) is 0. The highest BCUT2D eigenvalue weighted by molar-refractivity contribution is 7.99. The summed E-state index contributed by atoms with van der Waals surface area (Å²) in [7, 11) is 0. The molecule has 0 heterocycles. The van der Waals surface area contributed by atoms with Gasteiger partial charge in [0.1, 0.15) is 0 Å². The zero-order valence-corrected chi connectivity index (χ0v) is 11.2. The van der Waals surface area contributed by atoms with Gasteiger partial charge in [-0.3, -0.25) is 0 Å². The van der Waals surface area contributed by atoms with Crippen molar-refractivity contribution in [1.29, 1.82) is 0 Å². The van der Waals surface area contributed by atoms with Crippen LogP contribution in [0.25, 0.3) is 0 Å². The highest BCUT2D eigenvalue weighted by Gasteiger charge is 2.24. The maximum absolute atomic E-state index is 3.51. The fourth-order valence-corrected chi connectivity index (χ4v) is 2.63. The summed E-state index contributed by atoms with van der Waals surface area (Å²) >= 11 is 2.07. The maximum Gasteiger partial charge on any atom is 0.000778 e. The van der Waals surface area contributed by atoms with Gasteiger partial charge in [-0.2, -0.15) is 11.8 Å². The lowest BCUT2D eigenvalue weighted by Crippen LogP contribution is -2.34.